The van der Waals surface area contributed by atoms with Crippen molar-refractivity contribution in [3.05, 3.63) is 21.7 Å². The van der Waals surface area contributed by atoms with Crippen LogP contribution in [0.2, 0.25) is 0 Å². The van der Waals surface area contributed by atoms with Crippen molar-refractivity contribution in [3.63, 3.8) is 0 Å². The third kappa shape index (κ3) is 2.95. The van der Waals surface area contributed by atoms with Gasteiger partial charge in [0, 0.05) is 0 Å². The summed E-state index contributed by atoms with van der Waals surface area (Å²) in [5.41, 5.74) is 2.59. The van der Waals surface area contributed by atoms with Gasteiger partial charge in [-0.1, -0.05) is 10.3 Å². The Bertz CT molecular complexity index is 156. The molecule has 0 unspecified atom stereocenters. The second-order valence-electron chi connectivity index (χ2n) is 2.18. The van der Waals surface area contributed by atoms with Crippen LogP contribution in [0.3, 0.4) is 0 Å². The van der Waals surface area contributed by atoms with E-state index in [2.05, 4.69) is 34.3 Å². The van der Waals surface area contributed by atoms with Gasteiger partial charge in [-0.2, -0.15) is 12.6 Å². The molecule has 44 valence electrons. The van der Waals surface area contributed by atoms with Gasteiger partial charge in [0.15, 0.2) is 0 Å². The van der Waals surface area contributed by atoms with Gasteiger partial charge in [-0.05, 0) is 0 Å². The summed E-state index contributed by atoms with van der Waals surface area (Å²) >= 11 is 4.23. The number of thiol groups is 1. The zero-order chi connectivity index (χ0) is 7.44. The monoisotopic (exact) mass is 134 g/mol. The van der Waals surface area contributed by atoms with Gasteiger partial charge in [-0.25, -0.2) is 0 Å². The topological polar surface area (TPSA) is 0 Å². The molecular weight excluding hydrogens is 123 g/mol. The van der Waals surface area contributed by atoms with Gasteiger partial charge in [0.1, 0.15) is 31.4 Å². The van der Waals surface area contributed by atoms with Gasteiger partial charge >= 0.3 is 0 Å². The minimum absolute atomic E-state index is 1.10. The Morgan fingerprint density at radius 1 is 1.22 bits per heavy atom. The zero-order valence-corrected chi connectivity index (χ0v) is 7.42. The molecule has 0 aliphatic rings. The highest BCUT2D eigenvalue weighted by molar-refractivity contribution is 7.86. The van der Waals surface area contributed by atoms with E-state index in [0.29, 0.717) is 0 Å². The van der Waals surface area contributed by atoms with E-state index in [9.17, 15) is 0 Å². The van der Waals surface area contributed by atoms with Crippen molar-refractivity contribution in [3.8, 4) is 0 Å². The first kappa shape index (κ1) is 9.09. The Balaban J connectivity index is 4.40. The van der Waals surface area contributed by atoms with Crippen LogP contribution in [0.5, 0.6) is 0 Å². The summed E-state index contributed by atoms with van der Waals surface area (Å²) in [6.45, 7) is 0. The third-order valence-electron chi connectivity index (χ3n) is 1.57. The summed E-state index contributed by atoms with van der Waals surface area (Å²) in [5.74, 6) is 2.09. The predicted octanol–water partition coefficient (Wildman–Crippen LogP) is -2.54. The summed E-state index contributed by atoms with van der Waals surface area (Å²) in [4.78, 5) is 1.10. The number of allylic oxidation sites excluding steroid dienone is 2. The van der Waals surface area contributed by atoms with Gasteiger partial charge in [0.2, 0.25) is 0 Å². The highest BCUT2D eigenvalue weighted by atomic mass is 32.1. The van der Waals surface area contributed by atoms with E-state index in [1.165, 1.54) is 10.9 Å². The van der Waals surface area contributed by atoms with Crippen molar-refractivity contribution in [2.24, 2.45) is 0 Å². The molecular formula is C4H10B4S. The maximum atomic E-state index is 4.23. The van der Waals surface area contributed by atoms with Crippen LogP contribution < -0.4 is 0 Å². The molecule has 0 fully saturated rings. The molecule has 9 heavy (non-hydrogen) atoms. The minimum Gasteiger partial charge on any atom is -0.159 e. The lowest BCUT2D eigenvalue weighted by Crippen LogP contribution is -1.92. The summed E-state index contributed by atoms with van der Waals surface area (Å²) in [6.07, 6.45) is 0. The van der Waals surface area contributed by atoms with E-state index in [4.69, 9.17) is 0 Å². The van der Waals surface area contributed by atoms with Gasteiger partial charge in [0.05, 0.1) is 0 Å². The molecule has 0 aromatic heterocycles. The lowest BCUT2D eigenvalue weighted by atomic mass is 9.72. The van der Waals surface area contributed by atoms with Crippen molar-refractivity contribution in [1.29, 1.82) is 0 Å². The van der Waals surface area contributed by atoms with Gasteiger partial charge < -0.3 is 0 Å². The maximum absolute atomic E-state index is 4.23. The first-order chi connectivity index (χ1) is 4.09. The van der Waals surface area contributed by atoms with E-state index in [-0.39, 0.29) is 0 Å². The summed E-state index contributed by atoms with van der Waals surface area (Å²) in [5, 5.41) is 0. The fraction of sp³-hybridized carbons (Fsp3) is 0. The zero-order valence-electron chi connectivity index (χ0n) is 6.52. The van der Waals surface area contributed by atoms with Crippen molar-refractivity contribution in [2.75, 3.05) is 0 Å². The highest BCUT2D eigenvalue weighted by Gasteiger charge is 1.91. The molecule has 0 N–H and O–H groups in total. The van der Waals surface area contributed by atoms with Gasteiger partial charge in [-0.3, -0.25) is 0 Å². The molecule has 0 spiro atoms. The molecule has 0 aliphatic heterocycles. The number of rotatable bonds is 1. The predicted molar refractivity (Wildman–Crippen MR) is 58.3 cm³/mol. The third-order valence-corrected chi connectivity index (χ3v) is 1.90. The molecule has 0 atom stereocenters. The van der Waals surface area contributed by atoms with Crippen LogP contribution in [0.4, 0.5) is 0 Å². The molecule has 5 heteroatoms. The molecule has 0 rings (SSSR count). The smallest absolute Gasteiger partial charge is 0.146 e. The molecule has 0 aliphatic carbocycles. The summed E-state index contributed by atoms with van der Waals surface area (Å²) in [6, 6.07) is 0. The SMILES string of the molecule is B/C=C(B)/C(B)=C(/B)S. The normalized spacial score (nSPS) is 15.0. The molecule has 0 nitrogen and oxygen atoms in total. The van der Waals surface area contributed by atoms with E-state index >= 15 is 0 Å². The average molecular weight is 133 g/mol. The van der Waals surface area contributed by atoms with Crippen molar-refractivity contribution in [1.82, 2.24) is 0 Å². The van der Waals surface area contributed by atoms with Crippen LogP contribution in [0.1, 0.15) is 0 Å². The molecule has 0 aromatic rings. The Morgan fingerprint density at radius 2 is 1.67 bits per heavy atom. The lowest BCUT2D eigenvalue weighted by molar-refractivity contribution is 1.87. The molecule has 0 amide bonds. The van der Waals surface area contributed by atoms with Crippen LogP contribution in [-0.4, -0.2) is 31.4 Å². The minimum atomic E-state index is 1.10. The average Bonchev–Trinajstić information content (AvgIpc) is 1.84. The van der Waals surface area contributed by atoms with Crippen molar-refractivity contribution < 1.29 is 0 Å². The van der Waals surface area contributed by atoms with E-state index in [1.54, 1.807) is 0 Å². The van der Waals surface area contributed by atoms with E-state index in [1.807, 2.05) is 15.7 Å². The van der Waals surface area contributed by atoms with E-state index in [0.717, 1.165) is 4.80 Å². The largest absolute Gasteiger partial charge is 0.159 e. The van der Waals surface area contributed by atoms with Crippen LogP contribution in [0.25, 0.3) is 0 Å². The summed E-state index contributed by atoms with van der Waals surface area (Å²) < 4.78 is 0. The van der Waals surface area contributed by atoms with Crippen molar-refractivity contribution in [2.45, 2.75) is 0 Å². The van der Waals surface area contributed by atoms with Gasteiger partial charge in [0.25, 0.3) is 0 Å². The molecule has 0 radical (unpaired) electrons. The molecule has 0 heterocycles. The molecule has 0 bridgehead atoms. The fourth-order valence-corrected chi connectivity index (χ4v) is 0.678. The maximum Gasteiger partial charge on any atom is 0.146 e. The molecule has 0 aromatic carbocycles. The number of hydrogen-bond donors (Lipinski definition) is 1. The second-order valence-corrected chi connectivity index (χ2v) is 2.85. The Morgan fingerprint density at radius 3 is 1.78 bits per heavy atom. The fourth-order valence-electron chi connectivity index (χ4n) is 0.502. The standard InChI is InChI=1S/C4H10B4S/c5-1-2(6)3(7)4(8)9/h1,9H,5-8H2/b2-1-,4-3+. The summed E-state index contributed by atoms with van der Waals surface area (Å²) in [7, 11) is 8.22. The highest BCUT2D eigenvalue weighted by Crippen LogP contribution is 2.06. The van der Waals surface area contributed by atoms with E-state index < -0.39 is 0 Å². The van der Waals surface area contributed by atoms with Crippen LogP contribution in [0, 0.1) is 0 Å². The Kier molecular flexibility index (Phi) is 4.03. The first-order valence-corrected chi connectivity index (χ1v) is 3.54. The lowest BCUT2D eigenvalue weighted by Gasteiger charge is -2.01. The Hall–Kier alpha value is 0.0897. The Labute approximate surface area is 66.2 Å². The van der Waals surface area contributed by atoms with Crippen LogP contribution >= 0.6 is 12.6 Å². The van der Waals surface area contributed by atoms with Gasteiger partial charge in [-0.15, -0.1) is 11.4 Å². The number of hydrogen-bond acceptors (Lipinski definition) is 1. The first-order valence-electron chi connectivity index (χ1n) is 3.09. The second kappa shape index (κ2) is 3.99. The molecule has 0 saturated carbocycles. The quantitative estimate of drug-likeness (QED) is 0.227. The van der Waals surface area contributed by atoms with Crippen molar-refractivity contribution >= 4 is 44.0 Å². The van der Waals surface area contributed by atoms with Crippen LogP contribution in [0.15, 0.2) is 21.7 Å². The molecule has 0 saturated heterocycles. The van der Waals surface area contributed by atoms with Crippen LogP contribution in [-0.2, 0) is 0 Å².